The maximum atomic E-state index is 13.2. The van der Waals surface area contributed by atoms with Crippen molar-refractivity contribution >= 4 is 17.8 Å². The zero-order chi connectivity index (χ0) is 23.8. The second kappa shape index (κ2) is 11.0. The monoisotopic (exact) mass is 465 g/mol. The molecule has 0 atom stereocenters. The molecule has 0 radical (unpaired) electrons. The van der Waals surface area contributed by atoms with Crippen LogP contribution in [-0.4, -0.2) is 59.8 Å². The molecule has 3 rings (SSSR count). The molecular formula is C22H26F3N5O3. The number of nitrogens with zero attached hydrogens (tertiary/aromatic N) is 4. The third-order valence-electron chi connectivity index (χ3n) is 5.23. The molecule has 1 aliphatic rings. The molecule has 1 aromatic heterocycles. The first kappa shape index (κ1) is 24.3. The molecule has 2 amide bonds. The molecule has 0 spiro atoms. The Morgan fingerprint density at radius 3 is 2.39 bits per heavy atom. The summed E-state index contributed by atoms with van der Waals surface area (Å²) >= 11 is 0. The molecule has 33 heavy (non-hydrogen) atoms. The molecule has 2 heterocycles. The fourth-order valence-corrected chi connectivity index (χ4v) is 3.46. The zero-order valence-corrected chi connectivity index (χ0v) is 18.3. The number of rotatable bonds is 7. The van der Waals surface area contributed by atoms with E-state index in [9.17, 15) is 22.8 Å². The van der Waals surface area contributed by atoms with Crippen LogP contribution in [0.25, 0.3) is 0 Å². The Bertz CT molecular complexity index is 945. The highest BCUT2D eigenvalue weighted by Crippen LogP contribution is 2.32. The quantitative estimate of drug-likeness (QED) is 0.627. The van der Waals surface area contributed by atoms with Gasteiger partial charge in [0.2, 0.25) is 5.88 Å². The van der Waals surface area contributed by atoms with Crippen LogP contribution < -0.4 is 15.0 Å². The molecule has 1 fully saturated rings. The van der Waals surface area contributed by atoms with Crippen molar-refractivity contribution in [3.05, 3.63) is 47.5 Å². The van der Waals surface area contributed by atoms with E-state index in [-0.39, 0.29) is 24.5 Å². The molecule has 178 valence electrons. The van der Waals surface area contributed by atoms with Gasteiger partial charge in [0.05, 0.1) is 11.1 Å². The highest BCUT2D eigenvalue weighted by molar-refractivity contribution is 5.96. The van der Waals surface area contributed by atoms with E-state index in [0.717, 1.165) is 25.3 Å². The van der Waals surface area contributed by atoms with Crippen LogP contribution in [0, 0.1) is 0 Å². The van der Waals surface area contributed by atoms with E-state index >= 15 is 0 Å². The number of aromatic nitrogens is 2. The number of benzene rings is 1. The van der Waals surface area contributed by atoms with Crippen LogP contribution in [0.15, 0.2) is 36.4 Å². The number of amides is 2. The third kappa shape index (κ3) is 6.56. The summed E-state index contributed by atoms with van der Waals surface area (Å²) in [6.07, 6.45) is -2.26. The van der Waals surface area contributed by atoms with Gasteiger partial charge in [-0.1, -0.05) is 31.9 Å². The number of hydrogen-bond acceptors (Lipinski definition) is 6. The van der Waals surface area contributed by atoms with Crippen LogP contribution in [0.4, 0.5) is 23.8 Å². The van der Waals surface area contributed by atoms with E-state index in [1.165, 1.54) is 29.2 Å². The van der Waals surface area contributed by atoms with Crippen molar-refractivity contribution < 1.29 is 27.5 Å². The lowest BCUT2D eigenvalue weighted by Crippen LogP contribution is -2.49. The Morgan fingerprint density at radius 1 is 1.03 bits per heavy atom. The fraction of sp³-hybridized carbons (Fsp3) is 0.455. The summed E-state index contributed by atoms with van der Waals surface area (Å²) in [4.78, 5) is 27.7. The molecule has 2 aromatic rings. The van der Waals surface area contributed by atoms with Crippen molar-refractivity contribution in [2.75, 3.05) is 37.6 Å². The van der Waals surface area contributed by atoms with E-state index in [1.807, 2.05) is 4.90 Å². The minimum absolute atomic E-state index is 0.0595. The zero-order valence-electron chi connectivity index (χ0n) is 18.3. The average Bonchev–Trinajstić information content (AvgIpc) is 2.81. The highest BCUT2D eigenvalue weighted by atomic mass is 19.4. The topological polar surface area (TPSA) is 87.7 Å². The third-order valence-corrected chi connectivity index (χ3v) is 5.23. The van der Waals surface area contributed by atoms with Gasteiger partial charge in [-0.15, -0.1) is 10.2 Å². The molecule has 1 aliphatic heterocycles. The lowest BCUT2D eigenvalue weighted by Gasteiger charge is -2.35. The molecule has 1 saturated heterocycles. The minimum Gasteiger partial charge on any atom is -0.390 e. The summed E-state index contributed by atoms with van der Waals surface area (Å²) in [5.41, 5.74) is -1.29. The summed E-state index contributed by atoms with van der Waals surface area (Å²) in [6.45, 7) is 3.84. The van der Waals surface area contributed by atoms with Crippen LogP contribution >= 0.6 is 0 Å². The molecular weight excluding hydrogens is 439 g/mol. The van der Waals surface area contributed by atoms with Gasteiger partial charge in [-0.25, -0.2) is 4.79 Å². The van der Waals surface area contributed by atoms with E-state index in [4.69, 9.17) is 4.74 Å². The maximum Gasteiger partial charge on any atom is 0.417 e. The number of carbonyl (C=O) groups is 2. The van der Waals surface area contributed by atoms with Crippen molar-refractivity contribution in [3.63, 3.8) is 0 Å². The molecule has 0 saturated carbocycles. The van der Waals surface area contributed by atoms with Gasteiger partial charge in [0, 0.05) is 38.8 Å². The van der Waals surface area contributed by atoms with Crippen molar-refractivity contribution in [3.8, 4) is 5.88 Å². The number of anilines is 1. The van der Waals surface area contributed by atoms with Crippen molar-refractivity contribution in [2.24, 2.45) is 0 Å². The Morgan fingerprint density at radius 2 is 1.76 bits per heavy atom. The van der Waals surface area contributed by atoms with E-state index in [1.54, 1.807) is 6.07 Å². The predicted octanol–water partition coefficient (Wildman–Crippen LogP) is 3.74. The smallest absolute Gasteiger partial charge is 0.390 e. The van der Waals surface area contributed by atoms with Crippen molar-refractivity contribution in [1.29, 1.82) is 0 Å². The number of piperazine rings is 1. The van der Waals surface area contributed by atoms with Gasteiger partial charge in [0.1, 0.15) is 0 Å². The number of nitrogens with one attached hydrogen (secondary N) is 1. The summed E-state index contributed by atoms with van der Waals surface area (Å²) in [5.74, 6) is -0.0693. The lowest BCUT2D eigenvalue weighted by molar-refractivity contribution is -0.138. The standard InChI is InChI=1S/C22H26F3N5O3/c1-2-3-6-11-26-21(32)33-19-10-9-18(27-28-19)29-12-14-30(15-13-29)20(31)16-7-4-5-8-17(16)22(23,24)25/h4-5,7-10H,2-3,6,11-15H2,1H3,(H,26,32). The molecule has 1 N–H and O–H groups in total. The van der Waals surface area contributed by atoms with Crippen molar-refractivity contribution in [2.45, 2.75) is 32.4 Å². The predicted molar refractivity (Wildman–Crippen MR) is 115 cm³/mol. The highest BCUT2D eigenvalue weighted by Gasteiger charge is 2.36. The van der Waals surface area contributed by atoms with Crippen molar-refractivity contribution in [1.82, 2.24) is 20.4 Å². The van der Waals surface area contributed by atoms with Crippen LogP contribution in [-0.2, 0) is 6.18 Å². The molecule has 11 heteroatoms. The van der Waals surface area contributed by atoms with Crippen LogP contribution in [0.1, 0.15) is 42.1 Å². The summed E-state index contributed by atoms with van der Waals surface area (Å²) in [5, 5.41) is 10.6. The Balaban J connectivity index is 1.53. The Labute approximate surface area is 189 Å². The number of unbranched alkanes of at least 4 members (excludes halogenated alkanes) is 2. The van der Waals surface area contributed by atoms with E-state index in [2.05, 4.69) is 22.4 Å². The Kier molecular flexibility index (Phi) is 8.07. The number of halogens is 3. The molecule has 0 bridgehead atoms. The van der Waals surface area contributed by atoms with Crippen LogP contribution in [0.2, 0.25) is 0 Å². The Hall–Kier alpha value is -3.37. The van der Waals surface area contributed by atoms with Gasteiger partial charge in [0.25, 0.3) is 5.91 Å². The van der Waals surface area contributed by atoms with Gasteiger partial charge in [-0.05, 0) is 24.6 Å². The minimum atomic E-state index is -4.60. The lowest BCUT2D eigenvalue weighted by atomic mass is 10.1. The van der Waals surface area contributed by atoms with E-state index < -0.39 is 23.7 Å². The summed E-state index contributed by atoms with van der Waals surface area (Å²) in [6, 6.07) is 7.95. The van der Waals surface area contributed by atoms with Crippen LogP contribution in [0.3, 0.4) is 0 Å². The largest absolute Gasteiger partial charge is 0.417 e. The van der Waals surface area contributed by atoms with E-state index in [0.29, 0.717) is 25.5 Å². The summed E-state index contributed by atoms with van der Waals surface area (Å²) in [7, 11) is 0. The molecule has 0 aliphatic carbocycles. The first-order valence-electron chi connectivity index (χ1n) is 10.8. The number of alkyl halides is 3. The fourth-order valence-electron chi connectivity index (χ4n) is 3.46. The number of hydrogen-bond donors (Lipinski definition) is 1. The van der Waals surface area contributed by atoms with Crippen LogP contribution in [0.5, 0.6) is 5.88 Å². The first-order chi connectivity index (χ1) is 15.8. The maximum absolute atomic E-state index is 13.2. The number of ether oxygens (including phenoxy) is 1. The molecule has 1 aromatic carbocycles. The second-order valence-electron chi connectivity index (χ2n) is 7.58. The molecule has 8 nitrogen and oxygen atoms in total. The molecule has 0 unspecified atom stereocenters. The second-order valence-corrected chi connectivity index (χ2v) is 7.58. The average molecular weight is 465 g/mol. The SMILES string of the molecule is CCCCCNC(=O)Oc1ccc(N2CCN(C(=O)c3ccccc3C(F)(F)F)CC2)nn1. The van der Waals surface area contributed by atoms with Gasteiger partial charge in [-0.2, -0.15) is 13.2 Å². The van der Waals surface area contributed by atoms with Gasteiger partial charge in [0.15, 0.2) is 5.82 Å². The first-order valence-corrected chi connectivity index (χ1v) is 10.8. The van der Waals surface area contributed by atoms with Gasteiger partial charge >= 0.3 is 12.3 Å². The number of carbonyl (C=O) groups excluding carboxylic acids is 2. The van der Waals surface area contributed by atoms with Gasteiger partial charge < -0.3 is 19.9 Å². The normalized spacial score (nSPS) is 14.2. The summed E-state index contributed by atoms with van der Waals surface area (Å²) < 4.78 is 44.8. The van der Waals surface area contributed by atoms with Gasteiger partial charge in [-0.3, -0.25) is 4.79 Å².